The van der Waals surface area contributed by atoms with Gasteiger partial charge in [0, 0.05) is 19.6 Å². The number of likely N-dealkylation sites (N-methyl/N-ethyl adjacent to an activating group) is 1. The molecule has 2 heterocycles. The quantitative estimate of drug-likeness (QED) is 0.869. The normalized spacial score (nSPS) is 15.5. The third-order valence-electron chi connectivity index (χ3n) is 3.99. The van der Waals surface area contributed by atoms with Crippen LogP contribution in [0.1, 0.15) is 35.9 Å². The van der Waals surface area contributed by atoms with E-state index in [0.717, 1.165) is 38.9 Å². The van der Waals surface area contributed by atoms with Gasteiger partial charge in [0.15, 0.2) is 0 Å². The second-order valence-corrected chi connectivity index (χ2v) is 6.65. The molecular formula is C16H25N3O2S. The second-order valence-electron chi connectivity index (χ2n) is 5.71. The Balaban J connectivity index is 1.96. The Kier molecular flexibility index (Phi) is 6.39. The average Bonchev–Trinajstić information content (AvgIpc) is 3.06. The zero-order valence-corrected chi connectivity index (χ0v) is 14.2. The number of nitrogens with zero attached hydrogens (tertiary/aromatic N) is 2. The van der Waals surface area contributed by atoms with Crippen LogP contribution < -0.4 is 5.32 Å². The van der Waals surface area contributed by atoms with E-state index >= 15 is 0 Å². The third-order valence-corrected chi connectivity index (χ3v) is 4.84. The molecule has 0 aromatic carbocycles. The maximum Gasteiger partial charge on any atom is 0.264 e. The second kappa shape index (κ2) is 8.29. The smallest absolute Gasteiger partial charge is 0.264 e. The summed E-state index contributed by atoms with van der Waals surface area (Å²) in [6.45, 7) is 4.93. The topological polar surface area (TPSA) is 52.7 Å². The molecule has 1 aromatic rings. The van der Waals surface area contributed by atoms with Gasteiger partial charge in [0.1, 0.15) is 0 Å². The van der Waals surface area contributed by atoms with Crippen LogP contribution in [-0.4, -0.2) is 60.9 Å². The number of nitrogens with one attached hydrogen (secondary N) is 1. The lowest BCUT2D eigenvalue weighted by Crippen LogP contribution is -2.49. The van der Waals surface area contributed by atoms with Gasteiger partial charge in [0.2, 0.25) is 5.91 Å². The number of piperidine rings is 1. The van der Waals surface area contributed by atoms with E-state index in [1.807, 2.05) is 16.3 Å². The van der Waals surface area contributed by atoms with E-state index < -0.39 is 0 Å². The van der Waals surface area contributed by atoms with Gasteiger partial charge in [0.25, 0.3) is 5.91 Å². The Morgan fingerprint density at radius 3 is 2.68 bits per heavy atom. The van der Waals surface area contributed by atoms with Crippen molar-refractivity contribution in [2.75, 3.05) is 33.2 Å². The molecule has 5 nitrogen and oxygen atoms in total. The summed E-state index contributed by atoms with van der Waals surface area (Å²) < 4.78 is 0. The Morgan fingerprint density at radius 2 is 2.09 bits per heavy atom. The lowest BCUT2D eigenvalue weighted by Gasteiger charge is -2.35. The van der Waals surface area contributed by atoms with Crippen LogP contribution in [0, 0.1) is 0 Å². The van der Waals surface area contributed by atoms with Gasteiger partial charge in [-0.25, -0.2) is 0 Å². The van der Waals surface area contributed by atoms with Crippen LogP contribution >= 0.6 is 11.3 Å². The molecule has 0 atom stereocenters. The number of thiophene rings is 1. The summed E-state index contributed by atoms with van der Waals surface area (Å²) >= 11 is 1.41. The molecular weight excluding hydrogens is 298 g/mol. The minimum absolute atomic E-state index is 0.0566. The minimum atomic E-state index is -0.0786. The van der Waals surface area contributed by atoms with Gasteiger partial charge in [-0.05, 0) is 43.8 Å². The van der Waals surface area contributed by atoms with Crippen molar-refractivity contribution in [1.82, 2.24) is 15.1 Å². The largest absolute Gasteiger partial charge is 0.338 e. The van der Waals surface area contributed by atoms with Crippen LogP contribution in [0.4, 0.5) is 0 Å². The highest BCUT2D eigenvalue weighted by atomic mass is 32.1. The molecule has 1 aliphatic heterocycles. The fourth-order valence-electron chi connectivity index (χ4n) is 2.82. The van der Waals surface area contributed by atoms with Gasteiger partial charge < -0.3 is 15.1 Å². The zero-order valence-electron chi connectivity index (χ0n) is 13.4. The number of carbonyl (C=O) groups excluding carboxylic acids is 2. The van der Waals surface area contributed by atoms with Crippen molar-refractivity contribution >= 4 is 23.2 Å². The van der Waals surface area contributed by atoms with E-state index in [4.69, 9.17) is 0 Å². The van der Waals surface area contributed by atoms with Crippen LogP contribution in [0.2, 0.25) is 0 Å². The fraction of sp³-hybridized carbons (Fsp3) is 0.625. The third kappa shape index (κ3) is 4.30. The Morgan fingerprint density at radius 1 is 1.36 bits per heavy atom. The van der Waals surface area contributed by atoms with Crippen molar-refractivity contribution < 1.29 is 9.59 Å². The van der Waals surface area contributed by atoms with Gasteiger partial charge in [-0.2, -0.15) is 0 Å². The first kappa shape index (κ1) is 17.0. The Labute approximate surface area is 136 Å². The van der Waals surface area contributed by atoms with Crippen LogP contribution in [-0.2, 0) is 4.79 Å². The molecule has 1 aromatic heterocycles. The van der Waals surface area contributed by atoms with Crippen LogP contribution in [0.5, 0.6) is 0 Å². The van der Waals surface area contributed by atoms with Crippen molar-refractivity contribution in [2.24, 2.45) is 0 Å². The molecule has 22 heavy (non-hydrogen) atoms. The first-order chi connectivity index (χ1) is 10.6. The predicted octanol–water partition coefficient (Wildman–Crippen LogP) is 1.81. The van der Waals surface area contributed by atoms with Crippen LogP contribution in [0.3, 0.4) is 0 Å². The summed E-state index contributed by atoms with van der Waals surface area (Å²) in [7, 11) is 1.70. The SMILES string of the molecule is CCCN(C(=O)CN(C)C(=O)c1cccs1)C1CCNCC1. The maximum absolute atomic E-state index is 12.6. The lowest BCUT2D eigenvalue weighted by atomic mass is 10.0. The molecule has 2 rings (SSSR count). The number of hydrogen-bond acceptors (Lipinski definition) is 4. The highest BCUT2D eigenvalue weighted by molar-refractivity contribution is 7.12. The highest BCUT2D eigenvalue weighted by Crippen LogP contribution is 2.15. The van der Waals surface area contributed by atoms with E-state index in [1.54, 1.807) is 13.1 Å². The molecule has 2 amide bonds. The van der Waals surface area contributed by atoms with E-state index in [0.29, 0.717) is 10.9 Å². The van der Waals surface area contributed by atoms with Crippen molar-refractivity contribution in [3.05, 3.63) is 22.4 Å². The minimum Gasteiger partial charge on any atom is -0.338 e. The molecule has 1 N–H and O–H groups in total. The molecule has 0 unspecified atom stereocenters. The zero-order chi connectivity index (χ0) is 15.9. The summed E-state index contributed by atoms with van der Waals surface area (Å²) in [6.07, 6.45) is 2.93. The van der Waals surface area contributed by atoms with Crippen molar-refractivity contribution in [2.45, 2.75) is 32.2 Å². The van der Waals surface area contributed by atoms with Gasteiger partial charge >= 0.3 is 0 Å². The average molecular weight is 323 g/mol. The van der Waals surface area contributed by atoms with Crippen LogP contribution in [0.25, 0.3) is 0 Å². The molecule has 0 aliphatic carbocycles. The number of carbonyl (C=O) groups is 2. The Bertz CT molecular complexity index is 484. The molecule has 0 spiro atoms. The van der Waals surface area contributed by atoms with E-state index in [1.165, 1.54) is 16.2 Å². The van der Waals surface area contributed by atoms with E-state index in [2.05, 4.69) is 12.2 Å². The summed E-state index contributed by atoms with van der Waals surface area (Å²) in [4.78, 5) is 29.1. The molecule has 1 saturated heterocycles. The van der Waals surface area contributed by atoms with Gasteiger partial charge in [-0.15, -0.1) is 11.3 Å². The highest BCUT2D eigenvalue weighted by Gasteiger charge is 2.26. The standard InChI is InChI=1S/C16H25N3O2S/c1-3-10-19(13-6-8-17-9-7-13)15(20)12-18(2)16(21)14-5-4-11-22-14/h4-5,11,13,17H,3,6-10,12H2,1-2H3. The van der Waals surface area contributed by atoms with Gasteiger partial charge in [-0.1, -0.05) is 13.0 Å². The van der Waals surface area contributed by atoms with Crippen molar-refractivity contribution in [1.29, 1.82) is 0 Å². The first-order valence-electron chi connectivity index (χ1n) is 7.92. The van der Waals surface area contributed by atoms with Gasteiger partial charge in [-0.3, -0.25) is 9.59 Å². The molecule has 1 fully saturated rings. The Hall–Kier alpha value is -1.40. The fourth-order valence-corrected chi connectivity index (χ4v) is 3.54. The lowest BCUT2D eigenvalue weighted by molar-refractivity contribution is -0.134. The predicted molar refractivity (Wildman–Crippen MR) is 89.2 cm³/mol. The summed E-state index contributed by atoms with van der Waals surface area (Å²) in [5.41, 5.74) is 0. The molecule has 0 bridgehead atoms. The number of amides is 2. The first-order valence-corrected chi connectivity index (χ1v) is 8.80. The summed E-state index contributed by atoms with van der Waals surface area (Å²) in [5, 5.41) is 5.20. The van der Waals surface area contributed by atoms with Crippen molar-refractivity contribution in [3.8, 4) is 0 Å². The van der Waals surface area contributed by atoms with E-state index in [9.17, 15) is 9.59 Å². The summed E-state index contributed by atoms with van der Waals surface area (Å²) in [5.74, 6) is -0.0220. The molecule has 122 valence electrons. The number of rotatable bonds is 6. The molecule has 6 heteroatoms. The molecule has 0 radical (unpaired) electrons. The number of hydrogen-bond donors (Lipinski definition) is 1. The van der Waals surface area contributed by atoms with E-state index in [-0.39, 0.29) is 18.4 Å². The summed E-state index contributed by atoms with van der Waals surface area (Å²) in [6, 6.07) is 3.95. The maximum atomic E-state index is 12.6. The monoisotopic (exact) mass is 323 g/mol. The molecule has 0 saturated carbocycles. The van der Waals surface area contributed by atoms with Crippen molar-refractivity contribution in [3.63, 3.8) is 0 Å². The molecule has 1 aliphatic rings. The van der Waals surface area contributed by atoms with Crippen LogP contribution in [0.15, 0.2) is 17.5 Å². The van der Waals surface area contributed by atoms with Gasteiger partial charge in [0.05, 0.1) is 11.4 Å².